The molecule has 0 aliphatic carbocycles. The molecule has 0 aromatic heterocycles. The van der Waals surface area contributed by atoms with Gasteiger partial charge in [-0.25, -0.2) is 4.79 Å². The highest BCUT2D eigenvalue weighted by Crippen LogP contribution is 2.23. The fourth-order valence-corrected chi connectivity index (χ4v) is 2.58. The van der Waals surface area contributed by atoms with E-state index in [0.717, 1.165) is 24.1 Å². The van der Waals surface area contributed by atoms with Crippen molar-refractivity contribution in [2.75, 3.05) is 25.0 Å². The van der Waals surface area contributed by atoms with Gasteiger partial charge in [0.05, 0.1) is 17.9 Å². The van der Waals surface area contributed by atoms with Gasteiger partial charge < -0.3 is 15.0 Å². The monoisotopic (exact) mass is 287 g/mol. The Labute approximate surface area is 125 Å². The molecule has 0 bridgehead atoms. The third kappa shape index (κ3) is 3.66. The molecule has 0 saturated carbocycles. The quantitative estimate of drug-likeness (QED) is 0.928. The number of piperidine rings is 1. The van der Waals surface area contributed by atoms with Crippen molar-refractivity contribution >= 4 is 11.8 Å². The summed E-state index contributed by atoms with van der Waals surface area (Å²) < 4.78 is 5.01. The zero-order chi connectivity index (χ0) is 15.2. The maximum atomic E-state index is 11.7. The summed E-state index contributed by atoms with van der Waals surface area (Å²) >= 11 is 0. The van der Waals surface area contributed by atoms with Crippen molar-refractivity contribution in [3.63, 3.8) is 0 Å². The third-order valence-corrected chi connectivity index (χ3v) is 3.76. The van der Waals surface area contributed by atoms with Crippen LogP contribution in [-0.4, -0.2) is 36.7 Å². The molecule has 1 amide bonds. The van der Waals surface area contributed by atoms with E-state index in [1.54, 1.807) is 4.90 Å². The van der Waals surface area contributed by atoms with E-state index >= 15 is 0 Å². The maximum absolute atomic E-state index is 11.7. The van der Waals surface area contributed by atoms with E-state index in [-0.39, 0.29) is 12.1 Å². The highest BCUT2D eigenvalue weighted by Gasteiger charge is 2.24. The van der Waals surface area contributed by atoms with Crippen LogP contribution in [0.3, 0.4) is 0 Å². The summed E-state index contributed by atoms with van der Waals surface area (Å²) in [4.78, 5) is 13.4. The normalized spacial score (nSPS) is 15.4. The van der Waals surface area contributed by atoms with E-state index in [9.17, 15) is 10.1 Å². The Morgan fingerprint density at radius 1 is 1.48 bits per heavy atom. The molecule has 0 spiro atoms. The van der Waals surface area contributed by atoms with Crippen LogP contribution in [0.4, 0.5) is 10.5 Å². The van der Waals surface area contributed by atoms with Gasteiger partial charge in [0.2, 0.25) is 0 Å². The van der Waals surface area contributed by atoms with Crippen molar-refractivity contribution in [2.24, 2.45) is 0 Å². The number of nitrogens with one attached hydrogen (secondary N) is 1. The first-order valence-electron chi connectivity index (χ1n) is 7.33. The van der Waals surface area contributed by atoms with E-state index in [0.29, 0.717) is 25.3 Å². The Morgan fingerprint density at radius 3 is 2.81 bits per heavy atom. The van der Waals surface area contributed by atoms with Gasteiger partial charge in [-0.1, -0.05) is 12.1 Å². The molecule has 5 heteroatoms. The zero-order valence-electron chi connectivity index (χ0n) is 12.6. The number of nitrogens with zero attached hydrogens (tertiary/aromatic N) is 2. The SMILES string of the molecule is CCOC(=O)N1CCC(Nc2c(C)cccc2C#N)CC1. The first-order chi connectivity index (χ1) is 10.2. The lowest BCUT2D eigenvalue weighted by Gasteiger charge is -2.32. The van der Waals surface area contributed by atoms with Crippen LogP contribution < -0.4 is 5.32 Å². The minimum atomic E-state index is -0.232. The van der Waals surface area contributed by atoms with Crippen molar-refractivity contribution < 1.29 is 9.53 Å². The molecule has 1 aromatic rings. The number of ether oxygens (including phenoxy) is 1. The van der Waals surface area contributed by atoms with Gasteiger partial charge in [0.15, 0.2) is 0 Å². The summed E-state index contributed by atoms with van der Waals surface area (Å²) in [7, 11) is 0. The van der Waals surface area contributed by atoms with Crippen LogP contribution in [0.15, 0.2) is 18.2 Å². The minimum Gasteiger partial charge on any atom is -0.450 e. The topological polar surface area (TPSA) is 65.4 Å². The molecular weight excluding hydrogens is 266 g/mol. The van der Waals surface area contributed by atoms with E-state index in [1.165, 1.54) is 0 Å². The van der Waals surface area contributed by atoms with Crippen LogP contribution in [0.2, 0.25) is 0 Å². The average Bonchev–Trinajstić information content (AvgIpc) is 2.50. The van der Waals surface area contributed by atoms with Crippen molar-refractivity contribution in [1.82, 2.24) is 4.90 Å². The van der Waals surface area contributed by atoms with Crippen molar-refractivity contribution in [3.05, 3.63) is 29.3 Å². The first-order valence-corrected chi connectivity index (χ1v) is 7.33. The maximum Gasteiger partial charge on any atom is 0.409 e. The second-order valence-corrected chi connectivity index (χ2v) is 5.21. The molecule has 21 heavy (non-hydrogen) atoms. The Hall–Kier alpha value is -2.22. The van der Waals surface area contributed by atoms with Gasteiger partial charge in [-0.05, 0) is 38.3 Å². The molecule has 1 N–H and O–H groups in total. The minimum absolute atomic E-state index is 0.232. The summed E-state index contributed by atoms with van der Waals surface area (Å²) in [6.45, 7) is 5.59. The van der Waals surface area contributed by atoms with Crippen LogP contribution >= 0.6 is 0 Å². The lowest BCUT2D eigenvalue weighted by atomic mass is 10.0. The van der Waals surface area contributed by atoms with Gasteiger partial charge in [0.25, 0.3) is 0 Å². The van der Waals surface area contributed by atoms with Crippen LogP contribution in [0.25, 0.3) is 0 Å². The van der Waals surface area contributed by atoms with Gasteiger partial charge in [-0.2, -0.15) is 5.26 Å². The lowest BCUT2D eigenvalue weighted by molar-refractivity contribution is 0.0983. The molecule has 0 radical (unpaired) electrons. The lowest BCUT2D eigenvalue weighted by Crippen LogP contribution is -2.42. The van der Waals surface area contributed by atoms with Gasteiger partial charge in [-0.3, -0.25) is 0 Å². The number of benzene rings is 1. The molecule has 1 aromatic carbocycles. The standard InChI is InChI=1S/C16H21N3O2/c1-3-21-16(20)19-9-7-14(8-10-19)18-15-12(2)5-4-6-13(15)11-17/h4-6,14,18H,3,7-10H2,1-2H3. The van der Waals surface area contributed by atoms with Crippen molar-refractivity contribution in [2.45, 2.75) is 32.7 Å². The highest BCUT2D eigenvalue weighted by atomic mass is 16.6. The number of amides is 1. The van der Waals surface area contributed by atoms with Crippen LogP contribution in [0.1, 0.15) is 30.9 Å². The van der Waals surface area contributed by atoms with Crippen molar-refractivity contribution in [3.8, 4) is 6.07 Å². The molecule has 0 atom stereocenters. The number of carbonyl (C=O) groups excluding carboxylic acids is 1. The fourth-order valence-electron chi connectivity index (χ4n) is 2.58. The van der Waals surface area contributed by atoms with Gasteiger partial charge in [-0.15, -0.1) is 0 Å². The molecule has 2 rings (SSSR count). The Morgan fingerprint density at radius 2 is 2.19 bits per heavy atom. The predicted molar refractivity (Wildman–Crippen MR) is 81.1 cm³/mol. The number of hydrogen-bond donors (Lipinski definition) is 1. The summed E-state index contributed by atoms with van der Waals surface area (Å²) in [5, 5.41) is 12.6. The summed E-state index contributed by atoms with van der Waals surface area (Å²) in [6.07, 6.45) is 1.49. The summed E-state index contributed by atoms with van der Waals surface area (Å²) in [5.74, 6) is 0. The molecule has 0 unspecified atom stereocenters. The number of aryl methyl sites for hydroxylation is 1. The number of para-hydroxylation sites is 1. The highest BCUT2D eigenvalue weighted by molar-refractivity contribution is 5.68. The van der Waals surface area contributed by atoms with Crippen LogP contribution in [0, 0.1) is 18.3 Å². The average molecular weight is 287 g/mol. The molecule has 1 heterocycles. The molecule has 112 valence electrons. The molecule has 1 aliphatic rings. The second kappa shape index (κ2) is 6.98. The van der Waals surface area contributed by atoms with E-state index in [2.05, 4.69) is 11.4 Å². The predicted octanol–water partition coefficient (Wildman–Crippen LogP) is 2.90. The zero-order valence-corrected chi connectivity index (χ0v) is 12.6. The van der Waals surface area contributed by atoms with Crippen LogP contribution in [-0.2, 0) is 4.74 Å². The molecule has 1 aliphatic heterocycles. The van der Waals surface area contributed by atoms with E-state index in [4.69, 9.17) is 4.74 Å². The Balaban J connectivity index is 1.96. The van der Waals surface area contributed by atoms with Crippen LogP contribution in [0.5, 0.6) is 0 Å². The van der Waals surface area contributed by atoms with E-state index < -0.39 is 0 Å². The van der Waals surface area contributed by atoms with Gasteiger partial charge in [0.1, 0.15) is 6.07 Å². The number of nitriles is 1. The smallest absolute Gasteiger partial charge is 0.409 e. The van der Waals surface area contributed by atoms with Crippen molar-refractivity contribution in [1.29, 1.82) is 5.26 Å². The molecular formula is C16H21N3O2. The second-order valence-electron chi connectivity index (χ2n) is 5.21. The number of rotatable bonds is 3. The summed E-state index contributed by atoms with van der Waals surface area (Å²) in [6, 6.07) is 8.21. The molecule has 5 nitrogen and oxygen atoms in total. The summed E-state index contributed by atoms with van der Waals surface area (Å²) in [5.41, 5.74) is 2.65. The first kappa shape index (κ1) is 15.2. The number of hydrogen-bond acceptors (Lipinski definition) is 4. The largest absolute Gasteiger partial charge is 0.450 e. The Kier molecular flexibility index (Phi) is 5.04. The fraction of sp³-hybridized carbons (Fsp3) is 0.500. The van der Waals surface area contributed by atoms with E-state index in [1.807, 2.05) is 32.0 Å². The number of anilines is 1. The number of carbonyl (C=O) groups is 1. The third-order valence-electron chi connectivity index (χ3n) is 3.76. The Bertz CT molecular complexity index is 543. The number of likely N-dealkylation sites (tertiary alicyclic amines) is 1. The molecule has 1 saturated heterocycles. The van der Waals surface area contributed by atoms with Gasteiger partial charge >= 0.3 is 6.09 Å². The molecule has 1 fully saturated rings. The van der Waals surface area contributed by atoms with Gasteiger partial charge in [0, 0.05) is 19.1 Å².